The number of hydrogen-bond acceptors (Lipinski definition) is 5. The van der Waals surface area contributed by atoms with Crippen LogP contribution in [0, 0.1) is 0 Å². The molecular weight excluding hydrogens is 478 g/mol. The fourth-order valence-corrected chi connectivity index (χ4v) is 4.07. The minimum atomic E-state index is -0.617. The monoisotopic (exact) mass is 503 g/mol. The molecule has 0 atom stereocenters. The van der Waals surface area contributed by atoms with Crippen molar-refractivity contribution >= 4 is 46.4 Å². The molecule has 0 saturated heterocycles. The van der Waals surface area contributed by atoms with E-state index in [0.29, 0.717) is 29.3 Å². The summed E-state index contributed by atoms with van der Waals surface area (Å²) in [5.74, 6) is -0.537. The second kappa shape index (κ2) is 10.7. The molecule has 0 saturated carbocycles. The van der Waals surface area contributed by atoms with Crippen molar-refractivity contribution in [3.63, 3.8) is 0 Å². The molecule has 184 valence electrons. The highest BCUT2D eigenvalue weighted by molar-refractivity contribution is 6.53. The molecule has 0 fully saturated rings. The van der Waals surface area contributed by atoms with Crippen LogP contribution in [-0.2, 0) is 9.59 Å². The number of rotatable bonds is 8. The molecule has 3 aromatic rings. The van der Waals surface area contributed by atoms with E-state index >= 15 is 0 Å². The topological polar surface area (TPSA) is 87.7 Å². The van der Waals surface area contributed by atoms with Gasteiger partial charge in [-0.05, 0) is 73.0 Å². The smallest absolute Gasteiger partial charge is 0.283 e. The van der Waals surface area contributed by atoms with Crippen LogP contribution in [0.5, 0.6) is 5.75 Å². The summed E-state index contributed by atoms with van der Waals surface area (Å²) in [4.78, 5) is 39.5. The summed E-state index contributed by atoms with van der Waals surface area (Å²) in [7, 11) is 0. The molecule has 0 spiro atoms. The highest BCUT2D eigenvalue weighted by Gasteiger charge is 2.39. The molecule has 1 heterocycles. The maximum absolute atomic E-state index is 13.0. The third-order valence-corrected chi connectivity index (χ3v) is 6.03. The number of carbonyl (C=O) groups excluding carboxylic acids is 3. The lowest BCUT2D eigenvalue weighted by Crippen LogP contribution is -2.32. The molecule has 0 unspecified atom stereocenters. The first-order valence-electron chi connectivity index (χ1n) is 11.6. The SMILES string of the molecule is CCOc1ccc(N2C(=O)C(Cl)=C(Nc3ccc(C(=O)Nc4ccccc4C(C)C)cc3)C2=O)cc1. The van der Waals surface area contributed by atoms with Crippen LogP contribution in [0.1, 0.15) is 42.6 Å². The van der Waals surface area contributed by atoms with Crippen molar-refractivity contribution in [2.45, 2.75) is 26.7 Å². The van der Waals surface area contributed by atoms with Gasteiger partial charge in [-0.15, -0.1) is 0 Å². The Hall–Kier alpha value is -4.10. The molecule has 36 heavy (non-hydrogen) atoms. The Morgan fingerprint density at radius 2 is 1.61 bits per heavy atom. The Bertz CT molecular complexity index is 1330. The Morgan fingerprint density at radius 3 is 2.25 bits per heavy atom. The van der Waals surface area contributed by atoms with E-state index in [4.69, 9.17) is 16.3 Å². The summed E-state index contributed by atoms with van der Waals surface area (Å²) < 4.78 is 5.41. The lowest BCUT2D eigenvalue weighted by Gasteiger charge is -2.16. The Kier molecular flexibility index (Phi) is 7.41. The van der Waals surface area contributed by atoms with Gasteiger partial charge in [-0.3, -0.25) is 14.4 Å². The van der Waals surface area contributed by atoms with Crippen LogP contribution in [0.4, 0.5) is 17.1 Å². The van der Waals surface area contributed by atoms with E-state index in [-0.39, 0.29) is 22.6 Å². The van der Waals surface area contributed by atoms with Crippen LogP contribution in [-0.4, -0.2) is 24.3 Å². The molecule has 1 aliphatic heterocycles. The van der Waals surface area contributed by atoms with E-state index in [9.17, 15) is 14.4 Å². The van der Waals surface area contributed by atoms with Gasteiger partial charge in [0.1, 0.15) is 16.5 Å². The first-order chi connectivity index (χ1) is 17.3. The Balaban J connectivity index is 1.46. The number of halogens is 1. The summed E-state index contributed by atoms with van der Waals surface area (Å²) in [5, 5.41) is 5.67. The molecule has 4 rings (SSSR count). The molecule has 3 aromatic carbocycles. The van der Waals surface area contributed by atoms with Crippen molar-refractivity contribution in [3.8, 4) is 5.75 Å². The number of para-hydroxylation sites is 1. The largest absolute Gasteiger partial charge is 0.494 e. The average Bonchev–Trinajstić information content (AvgIpc) is 3.08. The van der Waals surface area contributed by atoms with E-state index in [1.807, 2.05) is 31.2 Å². The van der Waals surface area contributed by atoms with Crippen LogP contribution < -0.4 is 20.3 Å². The van der Waals surface area contributed by atoms with Crippen LogP contribution in [0.15, 0.2) is 83.5 Å². The van der Waals surface area contributed by atoms with Crippen molar-refractivity contribution in [1.29, 1.82) is 0 Å². The molecule has 0 aromatic heterocycles. The van der Waals surface area contributed by atoms with Crippen LogP contribution >= 0.6 is 11.6 Å². The fourth-order valence-electron chi connectivity index (χ4n) is 3.86. The highest BCUT2D eigenvalue weighted by Crippen LogP contribution is 2.31. The van der Waals surface area contributed by atoms with Crippen molar-refractivity contribution < 1.29 is 19.1 Å². The summed E-state index contributed by atoms with van der Waals surface area (Å²) in [6.45, 7) is 6.51. The second-order valence-corrected chi connectivity index (χ2v) is 8.84. The molecule has 7 nitrogen and oxygen atoms in total. The van der Waals surface area contributed by atoms with E-state index in [1.165, 1.54) is 0 Å². The quantitative estimate of drug-likeness (QED) is 0.374. The standard InChI is InChI=1S/C28H26ClN3O4/c1-4-36-21-15-13-20(14-16-21)32-27(34)24(29)25(28(32)35)30-19-11-9-18(10-12-19)26(33)31-23-8-6-5-7-22(23)17(2)3/h5-17,30H,4H2,1-3H3,(H,31,33). The molecule has 3 amide bonds. The van der Waals surface area contributed by atoms with Crippen LogP contribution in [0.2, 0.25) is 0 Å². The fraction of sp³-hybridized carbons (Fsp3) is 0.179. The van der Waals surface area contributed by atoms with Crippen molar-refractivity contribution in [3.05, 3.63) is 94.7 Å². The van der Waals surface area contributed by atoms with Crippen LogP contribution in [0.3, 0.4) is 0 Å². The molecule has 0 radical (unpaired) electrons. The lowest BCUT2D eigenvalue weighted by atomic mass is 10.0. The van der Waals surface area contributed by atoms with Gasteiger partial charge in [0.05, 0.1) is 12.3 Å². The first kappa shape index (κ1) is 25.0. The van der Waals surface area contributed by atoms with Crippen molar-refractivity contribution in [1.82, 2.24) is 0 Å². The molecule has 1 aliphatic rings. The predicted octanol–water partition coefficient (Wildman–Crippen LogP) is 5.90. The zero-order chi connectivity index (χ0) is 25.8. The summed E-state index contributed by atoms with van der Waals surface area (Å²) in [5.41, 5.74) is 3.13. The van der Waals surface area contributed by atoms with Crippen molar-refractivity contribution in [2.24, 2.45) is 0 Å². The van der Waals surface area contributed by atoms with Gasteiger partial charge in [0, 0.05) is 16.9 Å². The van der Waals surface area contributed by atoms with Gasteiger partial charge < -0.3 is 15.4 Å². The lowest BCUT2D eigenvalue weighted by molar-refractivity contribution is -0.120. The minimum Gasteiger partial charge on any atom is -0.494 e. The number of ether oxygens (including phenoxy) is 1. The number of anilines is 3. The van der Waals surface area contributed by atoms with Gasteiger partial charge in [0.2, 0.25) is 0 Å². The normalized spacial score (nSPS) is 13.4. The number of benzene rings is 3. The summed E-state index contributed by atoms with van der Waals surface area (Å²) in [6.07, 6.45) is 0. The van der Waals surface area contributed by atoms with E-state index in [1.54, 1.807) is 48.5 Å². The van der Waals surface area contributed by atoms with E-state index in [0.717, 1.165) is 16.2 Å². The minimum absolute atomic E-state index is 0.0291. The zero-order valence-corrected chi connectivity index (χ0v) is 20.9. The summed E-state index contributed by atoms with van der Waals surface area (Å²) in [6, 6.07) is 20.9. The van der Waals surface area contributed by atoms with Gasteiger partial charge in [-0.2, -0.15) is 0 Å². The number of carbonyl (C=O) groups is 3. The maximum Gasteiger partial charge on any atom is 0.283 e. The molecular formula is C28H26ClN3O4. The number of nitrogens with one attached hydrogen (secondary N) is 2. The van der Waals surface area contributed by atoms with E-state index < -0.39 is 11.8 Å². The van der Waals surface area contributed by atoms with Gasteiger partial charge in [-0.1, -0.05) is 43.6 Å². The predicted molar refractivity (Wildman–Crippen MR) is 142 cm³/mol. The number of imide groups is 1. The highest BCUT2D eigenvalue weighted by atomic mass is 35.5. The van der Waals surface area contributed by atoms with Crippen LogP contribution in [0.25, 0.3) is 0 Å². The molecule has 8 heteroatoms. The van der Waals surface area contributed by atoms with Crippen molar-refractivity contribution in [2.75, 3.05) is 22.1 Å². The molecule has 2 N–H and O–H groups in total. The third kappa shape index (κ3) is 5.11. The number of nitrogens with zero attached hydrogens (tertiary/aromatic N) is 1. The molecule has 0 bridgehead atoms. The first-order valence-corrected chi connectivity index (χ1v) is 12.0. The number of amides is 3. The third-order valence-electron chi connectivity index (χ3n) is 5.68. The number of hydrogen-bond donors (Lipinski definition) is 2. The van der Waals surface area contributed by atoms with Gasteiger partial charge in [0.25, 0.3) is 17.7 Å². The Labute approximate surface area is 214 Å². The average molecular weight is 504 g/mol. The second-order valence-electron chi connectivity index (χ2n) is 8.46. The van der Waals surface area contributed by atoms with E-state index in [2.05, 4.69) is 24.5 Å². The van der Waals surface area contributed by atoms with Gasteiger partial charge >= 0.3 is 0 Å². The van der Waals surface area contributed by atoms with Gasteiger partial charge in [-0.25, -0.2) is 4.90 Å². The molecule has 0 aliphatic carbocycles. The Morgan fingerprint density at radius 1 is 0.944 bits per heavy atom. The summed E-state index contributed by atoms with van der Waals surface area (Å²) >= 11 is 6.23. The zero-order valence-electron chi connectivity index (χ0n) is 20.2. The maximum atomic E-state index is 13.0. The van der Waals surface area contributed by atoms with Gasteiger partial charge in [0.15, 0.2) is 0 Å².